The maximum atomic E-state index is 12.1. The molecule has 2 aliphatic heterocycles. The number of carbonyl (C=O) groups is 2. The van der Waals surface area contributed by atoms with Crippen molar-refractivity contribution >= 4 is 18.0 Å². The summed E-state index contributed by atoms with van der Waals surface area (Å²) in [6, 6.07) is 7.90. The first kappa shape index (κ1) is 11.3. The number of nitrogens with one attached hydrogen (secondary N) is 1. The largest absolute Gasteiger partial charge is 0.345 e. The van der Waals surface area contributed by atoms with E-state index in [9.17, 15) is 9.59 Å². The fourth-order valence-corrected chi connectivity index (χ4v) is 3.06. The fraction of sp³-hybridized carbons (Fsp3) is 0.429. The van der Waals surface area contributed by atoms with Crippen LogP contribution in [-0.2, 0) is 9.59 Å². The molecule has 94 valence electrons. The zero-order valence-corrected chi connectivity index (χ0v) is 10.1. The number of amides is 2. The van der Waals surface area contributed by atoms with Gasteiger partial charge in [0.05, 0.1) is 5.92 Å². The Hall–Kier alpha value is -1.84. The highest BCUT2D eigenvalue weighted by molar-refractivity contribution is 6.03. The summed E-state index contributed by atoms with van der Waals surface area (Å²) in [6.07, 6.45) is 2.72. The van der Waals surface area contributed by atoms with Crippen LogP contribution in [0, 0.1) is 5.92 Å². The van der Waals surface area contributed by atoms with Crippen LogP contribution in [0.3, 0.4) is 0 Å². The van der Waals surface area contributed by atoms with Crippen LogP contribution in [0.25, 0.3) is 0 Å². The van der Waals surface area contributed by atoms with Crippen molar-refractivity contribution in [3.63, 3.8) is 0 Å². The minimum Gasteiger partial charge on any atom is -0.345 e. The number of benzene rings is 1. The third-order valence-corrected chi connectivity index (χ3v) is 4.03. The lowest BCUT2D eigenvalue weighted by atomic mass is 9.81. The van der Waals surface area contributed by atoms with Gasteiger partial charge in [-0.15, -0.1) is 0 Å². The first-order valence-corrected chi connectivity index (χ1v) is 6.39. The minimum absolute atomic E-state index is 0.0324. The van der Waals surface area contributed by atoms with Crippen LogP contribution in [0.5, 0.6) is 0 Å². The van der Waals surface area contributed by atoms with Crippen LogP contribution < -0.4 is 5.32 Å². The molecule has 0 aromatic heterocycles. The predicted octanol–water partition coefficient (Wildman–Crippen LogP) is 1.59. The lowest BCUT2D eigenvalue weighted by molar-refractivity contribution is -0.120. The zero-order valence-electron chi connectivity index (χ0n) is 10.1. The molecule has 0 aliphatic carbocycles. The van der Waals surface area contributed by atoms with Gasteiger partial charge in [-0.3, -0.25) is 9.59 Å². The Labute approximate surface area is 106 Å². The van der Waals surface area contributed by atoms with Gasteiger partial charge in [0.15, 0.2) is 0 Å². The number of carbonyl (C=O) groups excluding carboxylic acids is 2. The van der Waals surface area contributed by atoms with Crippen molar-refractivity contribution in [2.24, 2.45) is 5.92 Å². The number of hydrogen-bond donors (Lipinski definition) is 1. The number of para-hydroxylation sites is 1. The fourth-order valence-electron chi connectivity index (χ4n) is 3.06. The molecule has 1 unspecified atom stereocenters. The van der Waals surface area contributed by atoms with Crippen LogP contribution in [-0.4, -0.2) is 30.3 Å². The number of fused-ring (bicyclic) bond motifs is 1. The van der Waals surface area contributed by atoms with Gasteiger partial charge < -0.3 is 10.2 Å². The molecular weight excluding hydrogens is 228 g/mol. The highest BCUT2D eigenvalue weighted by atomic mass is 16.2. The number of rotatable bonds is 2. The predicted molar refractivity (Wildman–Crippen MR) is 68.2 cm³/mol. The van der Waals surface area contributed by atoms with Crippen LogP contribution in [0.15, 0.2) is 24.3 Å². The van der Waals surface area contributed by atoms with Crippen molar-refractivity contribution < 1.29 is 9.59 Å². The summed E-state index contributed by atoms with van der Waals surface area (Å²) in [6.45, 7) is 1.53. The number of likely N-dealkylation sites (tertiary alicyclic amines) is 1. The first-order chi connectivity index (χ1) is 8.79. The van der Waals surface area contributed by atoms with Crippen LogP contribution in [0.2, 0.25) is 0 Å². The second kappa shape index (κ2) is 4.44. The van der Waals surface area contributed by atoms with E-state index in [0.29, 0.717) is 5.92 Å². The van der Waals surface area contributed by atoms with Crippen molar-refractivity contribution in [2.75, 3.05) is 18.4 Å². The van der Waals surface area contributed by atoms with Gasteiger partial charge in [-0.25, -0.2) is 0 Å². The summed E-state index contributed by atoms with van der Waals surface area (Å²) in [5.41, 5.74) is 2.07. The molecule has 1 atom stereocenters. The van der Waals surface area contributed by atoms with Crippen molar-refractivity contribution in [3.8, 4) is 0 Å². The number of hydrogen-bond acceptors (Lipinski definition) is 2. The van der Waals surface area contributed by atoms with E-state index >= 15 is 0 Å². The lowest BCUT2D eigenvalue weighted by Gasteiger charge is -2.31. The number of anilines is 1. The summed E-state index contributed by atoms with van der Waals surface area (Å²) < 4.78 is 0. The Morgan fingerprint density at radius 3 is 2.67 bits per heavy atom. The molecule has 0 saturated carbocycles. The van der Waals surface area contributed by atoms with Crippen molar-refractivity contribution in [1.29, 1.82) is 0 Å². The molecule has 0 bridgehead atoms. The van der Waals surface area contributed by atoms with E-state index in [-0.39, 0.29) is 11.8 Å². The SMILES string of the molecule is O=CN1CCC(C2C(=O)Nc3ccccc32)CC1. The highest BCUT2D eigenvalue weighted by Gasteiger charge is 2.37. The van der Waals surface area contributed by atoms with E-state index < -0.39 is 0 Å². The van der Waals surface area contributed by atoms with E-state index in [1.807, 2.05) is 24.3 Å². The standard InChI is InChI=1S/C14H16N2O2/c17-9-16-7-5-10(6-8-16)13-11-3-1-2-4-12(11)15-14(13)18/h1-4,9-10,13H,5-8H2,(H,15,18). The zero-order chi connectivity index (χ0) is 12.5. The third kappa shape index (κ3) is 1.78. The average Bonchev–Trinajstić information content (AvgIpc) is 2.75. The van der Waals surface area contributed by atoms with Gasteiger partial charge in [0.1, 0.15) is 0 Å². The lowest BCUT2D eigenvalue weighted by Crippen LogP contribution is -2.36. The summed E-state index contributed by atoms with van der Waals surface area (Å²) in [5.74, 6) is 0.431. The molecule has 1 aromatic rings. The Balaban J connectivity index is 1.81. The molecule has 1 aromatic carbocycles. The second-order valence-electron chi connectivity index (χ2n) is 5.03. The Morgan fingerprint density at radius 2 is 1.94 bits per heavy atom. The first-order valence-electron chi connectivity index (χ1n) is 6.39. The third-order valence-electron chi connectivity index (χ3n) is 4.03. The molecule has 2 heterocycles. The Bertz CT molecular complexity index is 478. The molecule has 1 saturated heterocycles. The van der Waals surface area contributed by atoms with E-state index in [0.717, 1.165) is 43.6 Å². The van der Waals surface area contributed by atoms with Gasteiger partial charge >= 0.3 is 0 Å². The topological polar surface area (TPSA) is 49.4 Å². The molecule has 1 fully saturated rings. The number of piperidine rings is 1. The van der Waals surface area contributed by atoms with Crippen molar-refractivity contribution in [1.82, 2.24) is 4.90 Å². The molecule has 2 amide bonds. The molecule has 4 heteroatoms. The molecule has 2 aliphatic rings. The Morgan fingerprint density at radius 1 is 1.22 bits per heavy atom. The summed E-state index contributed by atoms with van der Waals surface area (Å²) >= 11 is 0. The van der Waals surface area contributed by atoms with Crippen LogP contribution in [0.4, 0.5) is 5.69 Å². The normalized spacial score (nSPS) is 23.7. The molecule has 0 spiro atoms. The van der Waals surface area contributed by atoms with E-state index in [1.54, 1.807) is 4.90 Å². The molecule has 3 rings (SSSR count). The summed E-state index contributed by atoms with van der Waals surface area (Å²) in [5, 5.41) is 2.95. The van der Waals surface area contributed by atoms with Crippen molar-refractivity contribution in [3.05, 3.63) is 29.8 Å². The molecular formula is C14H16N2O2. The van der Waals surface area contributed by atoms with Gasteiger partial charge in [-0.2, -0.15) is 0 Å². The molecule has 18 heavy (non-hydrogen) atoms. The maximum absolute atomic E-state index is 12.1. The maximum Gasteiger partial charge on any atom is 0.232 e. The Kier molecular flexibility index (Phi) is 2.78. The molecule has 0 radical (unpaired) electrons. The average molecular weight is 244 g/mol. The van der Waals surface area contributed by atoms with E-state index in [1.165, 1.54) is 0 Å². The minimum atomic E-state index is -0.0324. The van der Waals surface area contributed by atoms with Gasteiger partial charge in [-0.1, -0.05) is 18.2 Å². The van der Waals surface area contributed by atoms with Crippen LogP contribution in [0.1, 0.15) is 24.3 Å². The smallest absolute Gasteiger partial charge is 0.232 e. The monoisotopic (exact) mass is 244 g/mol. The number of nitrogens with zero attached hydrogens (tertiary/aromatic N) is 1. The summed E-state index contributed by atoms with van der Waals surface area (Å²) in [4.78, 5) is 24.6. The van der Waals surface area contributed by atoms with E-state index in [2.05, 4.69) is 5.32 Å². The highest BCUT2D eigenvalue weighted by Crippen LogP contribution is 2.40. The quantitative estimate of drug-likeness (QED) is 0.803. The van der Waals surface area contributed by atoms with Crippen molar-refractivity contribution in [2.45, 2.75) is 18.8 Å². The summed E-state index contributed by atoms with van der Waals surface area (Å²) in [7, 11) is 0. The van der Waals surface area contributed by atoms with Crippen LogP contribution >= 0.6 is 0 Å². The van der Waals surface area contributed by atoms with Gasteiger partial charge in [0.2, 0.25) is 12.3 Å². The molecule has 4 nitrogen and oxygen atoms in total. The van der Waals surface area contributed by atoms with Gasteiger partial charge in [-0.05, 0) is 30.4 Å². The molecule has 1 N–H and O–H groups in total. The second-order valence-corrected chi connectivity index (χ2v) is 5.03. The van der Waals surface area contributed by atoms with E-state index in [4.69, 9.17) is 0 Å². The van der Waals surface area contributed by atoms with Gasteiger partial charge in [0.25, 0.3) is 0 Å². The van der Waals surface area contributed by atoms with Gasteiger partial charge in [0, 0.05) is 18.8 Å².